The van der Waals surface area contributed by atoms with Crippen LogP contribution in [0.2, 0.25) is 5.02 Å². The van der Waals surface area contributed by atoms with E-state index in [1.165, 1.54) is 5.56 Å². The van der Waals surface area contributed by atoms with Gasteiger partial charge in [-0.25, -0.2) is 4.68 Å². The molecule has 0 aliphatic carbocycles. The van der Waals surface area contributed by atoms with Crippen molar-refractivity contribution >= 4 is 17.3 Å². The van der Waals surface area contributed by atoms with Crippen LogP contribution in [0.5, 0.6) is 0 Å². The lowest BCUT2D eigenvalue weighted by Crippen LogP contribution is -2.06. The van der Waals surface area contributed by atoms with Crippen LogP contribution >= 0.6 is 11.6 Å². The van der Waals surface area contributed by atoms with E-state index < -0.39 is 0 Å². The minimum Gasteiger partial charge on any atom is -0.379 e. The van der Waals surface area contributed by atoms with Crippen molar-refractivity contribution < 1.29 is 0 Å². The lowest BCUT2D eigenvalue weighted by molar-refractivity contribution is 0.879. The molecule has 0 saturated carbocycles. The second-order valence-corrected chi connectivity index (χ2v) is 5.31. The molecule has 0 aliphatic rings. The van der Waals surface area contributed by atoms with E-state index in [9.17, 15) is 0 Å². The third kappa shape index (κ3) is 2.78. The van der Waals surface area contributed by atoms with Gasteiger partial charge in [0.2, 0.25) is 0 Å². The molecule has 1 aromatic carbocycles. The number of nitrogens with zero attached hydrogens (tertiary/aromatic N) is 3. The second kappa shape index (κ2) is 5.61. The van der Waals surface area contributed by atoms with E-state index in [0.717, 1.165) is 22.8 Å². The molecule has 0 radical (unpaired) electrons. The Balaban J connectivity index is 1.90. The summed E-state index contributed by atoms with van der Waals surface area (Å²) in [6.07, 6.45) is 3.66. The Morgan fingerprint density at radius 1 is 1.33 bits per heavy atom. The molecule has 0 fully saturated rings. The average Bonchev–Trinajstić information content (AvgIpc) is 3.08. The molecular weight excluding hydrogens is 286 g/mol. The van der Waals surface area contributed by atoms with E-state index in [4.69, 9.17) is 11.6 Å². The lowest BCUT2D eigenvalue weighted by atomic mass is 10.2. The van der Waals surface area contributed by atoms with E-state index in [1.807, 2.05) is 49.0 Å². The number of anilines is 1. The minimum absolute atomic E-state index is 0.683. The highest BCUT2D eigenvalue weighted by atomic mass is 35.5. The van der Waals surface area contributed by atoms with Crippen molar-refractivity contribution in [2.24, 2.45) is 0 Å². The zero-order chi connectivity index (χ0) is 14.8. The van der Waals surface area contributed by atoms with Gasteiger partial charge >= 0.3 is 0 Å². The van der Waals surface area contributed by atoms with Crippen molar-refractivity contribution in [2.75, 3.05) is 5.32 Å². The molecular formula is C15H16ClN5. The average molecular weight is 302 g/mol. The number of hydrogen-bond acceptors (Lipinski definition) is 3. The highest BCUT2D eigenvalue weighted by Crippen LogP contribution is 2.25. The van der Waals surface area contributed by atoms with Gasteiger partial charge in [0, 0.05) is 35.2 Å². The van der Waals surface area contributed by atoms with Crippen LogP contribution in [0.3, 0.4) is 0 Å². The summed E-state index contributed by atoms with van der Waals surface area (Å²) < 4.78 is 1.81. The Bertz CT molecular complexity index is 726. The molecule has 0 bridgehead atoms. The fraction of sp³-hybridized carbons (Fsp3) is 0.200. The molecule has 6 heteroatoms. The van der Waals surface area contributed by atoms with E-state index in [1.54, 1.807) is 6.20 Å². The summed E-state index contributed by atoms with van der Waals surface area (Å²) in [5.41, 5.74) is 5.14. The van der Waals surface area contributed by atoms with Crippen molar-refractivity contribution in [3.8, 4) is 5.69 Å². The SMILES string of the molecule is Cc1n[nH]c(C)c1CNc1cc(Cl)ccc1-n1cccn1. The Labute approximate surface area is 127 Å². The summed E-state index contributed by atoms with van der Waals surface area (Å²) in [7, 11) is 0. The molecule has 108 valence electrons. The van der Waals surface area contributed by atoms with Gasteiger partial charge in [-0.2, -0.15) is 10.2 Å². The predicted molar refractivity (Wildman–Crippen MR) is 84.0 cm³/mol. The molecule has 0 spiro atoms. The van der Waals surface area contributed by atoms with Gasteiger partial charge in [-0.3, -0.25) is 5.10 Å². The number of nitrogens with one attached hydrogen (secondary N) is 2. The Morgan fingerprint density at radius 3 is 2.86 bits per heavy atom. The zero-order valence-corrected chi connectivity index (χ0v) is 12.6. The first-order chi connectivity index (χ1) is 10.1. The maximum Gasteiger partial charge on any atom is 0.0877 e. The van der Waals surface area contributed by atoms with Crippen LogP contribution in [0.25, 0.3) is 5.69 Å². The first kappa shape index (κ1) is 13.7. The minimum atomic E-state index is 0.683. The van der Waals surface area contributed by atoms with Gasteiger partial charge in [0.1, 0.15) is 0 Å². The molecule has 3 rings (SSSR count). The Hall–Kier alpha value is -2.27. The van der Waals surface area contributed by atoms with Crippen LogP contribution in [-0.2, 0) is 6.54 Å². The first-order valence-corrected chi connectivity index (χ1v) is 7.07. The molecule has 0 amide bonds. The summed E-state index contributed by atoms with van der Waals surface area (Å²) in [5, 5.41) is 15.6. The van der Waals surface area contributed by atoms with Crippen molar-refractivity contribution in [2.45, 2.75) is 20.4 Å². The van der Waals surface area contributed by atoms with Crippen molar-refractivity contribution in [1.82, 2.24) is 20.0 Å². The van der Waals surface area contributed by atoms with Crippen molar-refractivity contribution in [3.63, 3.8) is 0 Å². The summed E-state index contributed by atoms with van der Waals surface area (Å²) >= 11 is 6.11. The normalized spacial score (nSPS) is 10.8. The third-order valence-corrected chi connectivity index (χ3v) is 3.68. The standard InChI is InChI=1S/C15H16ClN5/c1-10-13(11(2)20-19-10)9-17-14-8-12(16)4-5-15(14)21-7-3-6-18-21/h3-8,17H,9H2,1-2H3,(H,19,20). The van der Waals surface area contributed by atoms with Crippen LogP contribution in [0, 0.1) is 13.8 Å². The van der Waals surface area contributed by atoms with Gasteiger partial charge in [0.05, 0.1) is 17.1 Å². The summed E-state index contributed by atoms with van der Waals surface area (Å²) in [4.78, 5) is 0. The number of halogens is 1. The number of aromatic nitrogens is 4. The first-order valence-electron chi connectivity index (χ1n) is 6.69. The predicted octanol–water partition coefficient (Wildman–Crippen LogP) is 3.48. The summed E-state index contributed by atoms with van der Waals surface area (Å²) in [6.45, 7) is 4.69. The number of rotatable bonds is 4. The maximum atomic E-state index is 6.11. The second-order valence-electron chi connectivity index (χ2n) is 4.88. The van der Waals surface area contributed by atoms with Crippen LogP contribution in [0.1, 0.15) is 17.0 Å². The molecule has 0 unspecified atom stereocenters. The van der Waals surface area contributed by atoms with Crippen LogP contribution < -0.4 is 5.32 Å². The van der Waals surface area contributed by atoms with Gasteiger partial charge in [-0.05, 0) is 38.1 Å². The van der Waals surface area contributed by atoms with Gasteiger partial charge in [0.15, 0.2) is 0 Å². The Kier molecular flexibility index (Phi) is 3.66. The fourth-order valence-electron chi connectivity index (χ4n) is 2.28. The molecule has 3 aromatic rings. The molecule has 0 atom stereocenters. The molecule has 2 N–H and O–H groups in total. The lowest BCUT2D eigenvalue weighted by Gasteiger charge is -2.13. The smallest absolute Gasteiger partial charge is 0.0877 e. The number of hydrogen-bond donors (Lipinski definition) is 2. The van der Waals surface area contributed by atoms with Crippen LogP contribution in [0.4, 0.5) is 5.69 Å². The highest BCUT2D eigenvalue weighted by Gasteiger charge is 2.09. The number of aromatic amines is 1. The fourth-order valence-corrected chi connectivity index (χ4v) is 2.45. The molecule has 21 heavy (non-hydrogen) atoms. The van der Waals surface area contributed by atoms with E-state index >= 15 is 0 Å². The quantitative estimate of drug-likeness (QED) is 0.775. The molecule has 0 saturated heterocycles. The van der Waals surface area contributed by atoms with E-state index in [0.29, 0.717) is 11.6 Å². The summed E-state index contributed by atoms with van der Waals surface area (Å²) in [6, 6.07) is 7.61. The number of benzene rings is 1. The highest BCUT2D eigenvalue weighted by molar-refractivity contribution is 6.31. The number of H-pyrrole nitrogens is 1. The van der Waals surface area contributed by atoms with Gasteiger partial charge in [-0.1, -0.05) is 11.6 Å². The molecule has 2 heterocycles. The van der Waals surface area contributed by atoms with Crippen molar-refractivity contribution in [3.05, 3.63) is 58.6 Å². The largest absolute Gasteiger partial charge is 0.379 e. The monoisotopic (exact) mass is 301 g/mol. The summed E-state index contributed by atoms with van der Waals surface area (Å²) in [5.74, 6) is 0. The van der Waals surface area contributed by atoms with E-state index in [2.05, 4.69) is 20.6 Å². The van der Waals surface area contributed by atoms with Crippen molar-refractivity contribution in [1.29, 1.82) is 0 Å². The topological polar surface area (TPSA) is 58.5 Å². The van der Waals surface area contributed by atoms with Crippen LogP contribution in [-0.4, -0.2) is 20.0 Å². The maximum absolute atomic E-state index is 6.11. The zero-order valence-electron chi connectivity index (χ0n) is 11.9. The van der Waals surface area contributed by atoms with Gasteiger partial charge < -0.3 is 5.32 Å². The van der Waals surface area contributed by atoms with Gasteiger partial charge in [0.25, 0.3) is 0 Å². The molecule has 5 nitrogen and oxygen atoms in total. The Morgan fingerprint density at radius 2 is 2.19 bits per heavy atom. The number of aryl methyl sites for hydroxylation is 2. The van der Waals surface area contributed by atoms with Gasteiger partial charge in [-0.15, -0.1) is 0 Å². The molecule has 2 aromatic heterocycles. The molecule has 0 aliphatic heterocycles. The van der Waals surface area contributed by atoms with E-state index in [-0.39, 0.29) is 0 Å². The van der Waals surface area contributed by atoms with Crippen LogP contribution in [0.15, 0.2) is 36.7 Å². The third-order valence-electron chi connectivity index (χ3n) is 3.45.